The number of benzene rings is 3. The van der Waals surface area contributed by atoms with Crippen molar-refractivity contribution in [2.24, 2.45) is 0 Å². The van der Waals surface area contributed by atoms with Gasteiger partial charge in [-0.3, -0.25) is 0 Å². The number of rotatable bonds is 7. The quantitative estimate of drug-likeness (QED) is 0.472. The van der Waals surface area contributed by atoms with Gasteiger partial charge in [0.05, 0.1) is 0 Å². The molecule has 3 aromatic carbocycles. The predicted molar refractivity (Wildman–Crippen MR) is 118 cm³/mol. The highest BCUT2D eigenvalue weighted by atomic mass is 16.2. The van der Waals surface area contributed by atoms with Crippen molar-refractivity contribution in [3.05, 3.63) is 78.9 Å². The van der Waals surface area contributed by atoms with Crippen LogP contribution in [-0.2, 0) is 0 Å². The van der Waals surface area contributed by atoms with Gasteiger partial charge in [0, 0.05) is 41.5 Å². The first-order valence-corrected chi connectivity index (χ1v) is 9.53. The van der Waals surface area contributed by atoms with Crippen LogP contribution in [0, 0.1) is 0 Å². The van der Waals surface area contributed by atoms with Gasteiger partial charge in [-0.2, -0.15) is 0 Å². The van der Waals surface area contributed by atoms with E-state index in [0.717, 1.165) is 28.4 Å². The second kappa shape index (κ2) is 9.46. The standard InChI is InChI=1S/C23H26N4O/c1-3-27(4-2)23(28)26-22-16-14-21(15-17-22)25-20-12-10-19(11-13-20)24-18-8-6-5-7-9-18/h5-17,24-25H,3-4H2,1-2H3,(H,26,28). The summed E-state index contributed by atoms with van der Waals surface area (Å²) < 4.78 is 0. The van der Waals surface area contributed by atoms with Crippen LogP contribution in [0.2, 0.25) is 0 Å². The molecule has 144 valence electrons. The van der Waals surface area contributed by atoms with Crippen molar-refractivity contribution in [1.29, 1.82) is 0 Å². The zero-order chi connectivity index (χ0) is 19.8. The lowest BCUT2D eigenvalue weighted by Gasteiger charge is -2.19. The van der Waals surface area contributed by atoms with E-state index in [1.165, 1.54) is 0 Å². The fourth-order valence-corrected chi connectivity index (χ4v) is 2.84. The van der Waals surface area contributed by atoms with E-state index in [1.807, 2.05) is 92.7 Å². The predicted octanol–water partition coefficient (Wildman–Crippen LogP) is 6.05. The lowest BCUT2D eigenvalue weighted by atomic mass is 10.2. The zero-order valence-corrected chi connectivity index (χ0v) is 16.3. The molecule has 0 saturated carbocycles. The smallest absolute Gasteiger partial charge is 0.321 e. The van der Waals surface area contributed by atoms with E-state index < -0.39 is 0 Å². The van der Waals surface area contributed by atoms with Gasteiger partial charge < -0.3 is 20.9 Å². The number of anilines is 5. The van der Waals surface area contributed by atoms with Crippen molar-refractivity contribution < 1.29 is 4.79 Å². The summed E-state index contributed by atoms with van der Waals surface area (Å²) in [6.45, 7) is 5.32. The second-order valence-corrected chi connectivity index (χ2v) is 6.37. The molecule has 0 heterocycles. The topological polar surface area (TPSA) is 56.4 Å². The largest absolute Gasteiger partial charge is 0.356 e. The van der Waals surface area contributed by atoms with Crippen LogP contribution < -0.4 is 16.0 Å². The lowest BCUT2D eigenvalue weighted by Crippen LogP contribution is -2.34. The van der Waals surface area contributed by atoms with Gasteiger partial charge in [0.2, 0.25) is 0 Å². The van der Waals surface area contributed by atoms with Crippen molar-refractivity contribution in [3.8, 4) is 0 Å². The molecule has 3 rings (SSSR count). The van der Waals surface area contributed by atoms with Gasteiger partial charge in [0.15, 0.2) is 0 Å². The Kier molecular flexibility index (Phi) is 6.52. The molecule has 2 amide bonds. The van der Waals surface area contributed by atoms with Crippen LogP contribution >= 0.6 is 0 Å². The van der Waals surface area contributed by atoms with Crippen molar-refractivity contribution in [1.82, 2.24) is 4.90 Å². The number of hydrogen-bond acceptors (Lipinski definition) is 3. The Bertz CT molecular complexity index is 873. The fraction of sp³-hybridized carbons (Fsp3) is 0.174. The van der Waals surface area contributed by atoms with E-state index in [-0.39, 0.29) is 6.03 Å². The maximum absolute atomic E-state index is 12.1. The summed E-state index contributed by atoms with van der Waals surface area (Å²) in [4.78, 5) is 13.9. The summed E-state index contributed by atoms with van der Waals surface area (Å²) in [5.41, 5.74) is 4.84. The molecule has 0 aromatic heterocycles. The average Bonchev–Trinajstić information content (AvgIpc) is 2.73. The molecule has 28 heavy (non-hydrogen) atoms. The molecule has 0 bridgehead atoms. The summed E-state index contributed by atoms with van der Waals surface area (Å²) in [6, 6.07) is 25.8. The van der Waals surface area contributed by atoms with Gasteiger partial charge in [0.1, 0.15) is 0 Å². The summed E-state index contributed by atoms with van der Waals surface area (Å²) in [6.07, 6.45) is 0. The summed E-state index contributed by atoms with van der Waals surface area (Å²) in [7, 11) is 0. The Hall–Kier alpha value is -3.47. The third-order valence-corrected chi connectivity index (χ3v) is 4.42. The van der Waals surface area contributed by atoms with E-state index in [9.17, 15) is 4.79 Å². The highest BCUT2D eigenvalue weighted by molar-refractivity contribution is 5.89. The SMILES string of the molecule is CCN(CC)C(=O)Nc1ccc(Nc2ccc(Nc3ccccc3)cc2)cc1. The molecule has 0 aliphatic carbocycles. The first-order valence-electron chi connectivity index (χ1n) is 9.53. The lowest BCUT2D eigenvalue weighted by molar-refractivity contribution is 0.217. The fourth-order valence-electron chi connectivity index (χ4n) is 2.84. The van der Waals surface area contributed by atoms with Crippen LogP contribution in [0.5, 0.6) is 0 Å². The first kappa shape index (κ1) is 19.3. The number of nitrogens with one attached hydrogen (secondary N) is 3. The molecule has 0 radical (unpaired) electrons. The zero-order valence-electron chi connectivity index (χ0n) is 16.3. The van der Waals surface area contributed by atoms with Crippen LogP contribution in [-0.4, -0.2) is 24.0 Å². The maximum Gasteiger partial charge on any atom is 0.321 e. The van der Waals surface area contributed by atoms with Gasteiger partial charge in [-0.15, -0.1) is 0 Å². The third kappa shape index (κ3) is 5.27. The van der Waals surface area contributed by atoms with Gasteiger partial charge in [0.25, 0.3) is 0 Å². The Labute approximate surface area is 166 Å². The minimum Gasteiger partial charge on any atom is -0.356 e. The molecule has 0 fully saturated rings. The summed E-state index contributed by atoms with van der Waals surface area (Å²) in [5, 5.41) is 9.65. The molecule has 0 aliphatic heterocycles. The Balaban J connectivity index is 1.57. The molecule has 0 aliphatic rings. The number of nitrogens with zero attached hydrogens (tertiary/aromatic N) is 1. The average molecular weight is 374 g/mol. The molecule has 0 saturated heterocycles. The molecular formula is C23H26N4O. The Morgan fingerprint density at radius 1 is 0.643 bits per heavy atom. The minimum atomic E-state index is -0.0767. The molecule has 3 aromatic rings. The summed E-state index contributed by atoms with van der Waals surface area (Å²) in [5.74, 6) is 0. The molecule has 3 N–H and O–H groups in total. The molecule has 0 atom stereocenters. The molecule has 0 unspecified atom stereocenters. The van der Waals surface area contributed by atoms with Gasteiger partial charge >= 0.3 is 6.03 Å². The summed E-state index contributed by atoms with van der Waals surface area (Å²) >= 11 is 0. The third-order valence-electron chi connectivity index (χ3n) is 4.42. The number of hydrogen-bond donors (Lipinski definition) is 3. The maximum atomic E-state index is 12.1. The highest BCUT2D eigenvalue weighted by Gasteiger charge is 2.09. The van der Waals surface area contributed by atoms with Crippen molar-refractivity contribution in [2.45, 2.75) is 13.8 Å². The van der Waals surface area contributed by atoms with Crippen LogP contribution in [0.25, 0.3) is 0 Å². The first-order chi connectivity index (χ1) is 13.7. The van der Waals surface area contributed by atoms with Crippen LogP contribution in [0.4, 0.5) is 33.2 Å². The van der Waals surface area contributed by atoms with Crippen molar-refractivity contribution in [3.63, 3.8) is 0 Å². The van der Waals surface area contributed by atoms with E-state index >= 15 is 0 Å². The number of amides is 2. The van der Waals surface area contributed by atoms with Crippen LogP contribution in [0.1, 0.15) is 13.8 Å². The van der Waals surface area contributed by atoms with Crippen LogP contribution in [0.15, 0.2) is 78.9 Å². The van der Waals surface area contributed by atoms with Crippen molar-refractivity contribution >= 4 is 34.5 Å². The van der Waals surface area contributed by atoms with Gasteiger partial charge in [-0.25, -0.2) is 4.79 Å². The molecule has 5 nitrogen and oxygen atoms in total. The van der Waals surface area contributed by atoms with Crippen molar-refractivity contribution in [2.75, 3.05) is 29.0 Å². The highest BCUT2D eigenvalue weighted by Crippen LogP contribution is 2.22. The molecular weight excluding hydrogens is 348 g/mol. The molecule has 5 heteroatoms. The normalized spacial score (nSPS) is 10.2. The Morgan fingerprint density at radius 2 is 1.04 bits per heavy atom. The molecule has 0 spiro atoms. The van der Waals surface area contributed by atoms with Crippen LogP contribution in [0.3, 0.4) is 0 Å². The second-order valence-electron chi connectivity index (χ2n) is 6.37. The van der Waals surface area contributed by atoms with E-state index in [4.69, 9.17) is 0 Å². The van der Waals surface area contributed by atoms with E-state index in [1.54, 1.807) is 4.90 Å². The minimum absolute atomic E-state index is 0.0767. The van der Waals surface area contributed by atoms with E-state index in [0.29, 0.717) is 13.1 Å². The number of carbonyl (C=O) groups is 1. The monoisotopic (exact) mass is 374 g/mol. The number of urea groups is 1. The van der Waals surface area contributed by atoms with Gasteiger partial charge in [-0.05, 0) is 74.5 Å². The van der Waals surface area contributed by atoms with E-state index in [2.05, 4.69) is 16.0 Å². The van der Waals surface area contributed by atoms with Gasteiger partial charge in [-0.1, -0.05) is 18.2 Å². The number of carbonyl (C=O) groups excluding carboxylic acids is 1. The number of para-hydroxylation sites is 1. The Morgan fingerprint density at radius 3 is 1.46 bits per heavy atom.